The van der Waals surface area contributed by atoms with Crippen molar-refractivity contribution in [1.29, 1.82) is 0 Å². The molecule has 0 aliphatic heterocycles. The van der Waals surface area contributed by atoms with Crippen LogP contribution in [0.15, 0.2) is 66.7 Å². The first-order valence-corrected chi connectivity index (χ1v) is 14.5. The third kappa shape index (κ3) is 4.65. The average Bonchev–Trinajstić information content (AvgIpc) is 3.04. The van der Waals surface area contributed by atoms with Crippen molar-refractivity contribution >= 4 is 18.7 Å². The van der Waals surface area contributed by atoms with Gasteiger partial charge in [-0.2, -0.15) is 0 Å². The van der Waals surface area contributed by atoms with Crippen molar-refractivity contribution in [2.45, 2.75) is 57.3 Å². The Morgan fingerprint density at radius 1 is 0.806 bits per heavy atom. The molecule has 4 rings (SSSR count). The van der Waals surface area contributed by atoms with Gasteiger partial charge in [0.25, 0.3) is 8.32 Å². The number of ether oxygens (including phenoxy) is 3. The first kappa shape index (κ1) is 26.3. The summed E-state index contributed by atoms with van der Waals surface area (Å²) in [6, 6.07) is 23.2. The Kier molecular flexibility index (Phi) is 7.78. The summed E-state index contributed by atoms with van der Waals surface area (Å²) >= 11 is 0. The fourth-order valence-electron chi connectivity index (χ4n) is 5.64. The van der Waals surface area contributed by atoms with Gasteiger partial charge in [0, 0.05) is 18.1 Å². The first-order chi connectivity index (χ1) is 17.3. The third-order valence-corrected chi connectivity index (χ3v) is 12.4. The normalized spacial score (nSPS) is 18.2. The molecule has 0 bridgehead atoms. The van der Waals surface area contributed by atoms with E-state index in [4.69, 9.17) is 18.6 Å². The number of methoxy groups -OCH3 is 3. The van der Waals surface area contributed by atoms with Gasteiger partial charge < -0.3 is 23.7 Å². The maximum atomic E-state index is 11.4. The molecular formula is C30H38O5Si. The van der Waals surface area contributed by atoms with E-state index in [0.29, 0.717) is 30.1 Å². The summed E-state index contributed by atoms with van der Waals surface area (Å²) in [6.07, 6.45) is 1.12. The van der Waals surface area contributed by atoms with E-state index in [-0.39, 0.29) is 11.1 Å². The van der Waals surface area contributed by atoms with Gasteiger partial charge in [0.15, 0.2) is 11.5 Å². The third-order valence-electron chi connectivity index (χ3n) is 7.29. The van der Waals surface area contributed by atoms with Crippen LogP contribution in [0.1, 0.15) is 50.8 Å². The molecule has 1 N–H and O–H groups in total. The van der Waals surface area contributed by atoms with Crippen LogP contribution in [0, 0.1) is 0 Å². The number of rotatable bonds is 7. The Bertz CT molecular complexity index is 1120. The highest BCUT2D eigenvalue weighted by molar-refractivity contribution is 6.99. The molecule has 192 valence electrons. The Balaban J connectivity index is 1.79. The number of hydrogen-bond donors (Lipinski definition) is 1. The molecule has 6 heteroatoms. The van der Waals surface area contributed by atoms with E-state index in [1.54, 1.807) is 21.3 Å². The lowest BCUT2D eigenvalue weighted by atomic mass is 9.98. The number of aliphatic hydroxyl groups is 1. The van der Waals surface area contributed by atoms with E-state index in [1.165, 1.54) is 10.4 Å². The molecule has 3 aromatic carbocycles. The zero-order chi connectivity index (χ0) is 25.9. The lowest BCUT2D eigenvalue weighted by molar-refractivity contribution is 0.0898. The van der Waals surface area contributed by atoms with Crippen molar-refractivity contribution in [3.05, 3.63) is 77.9 Å². The minimum absolute atomic E-state index is 0.135. The van der Waals surface area contributed by atoms with Crippen molar-refractivity contribution in [3.63, 3.8) is 0 Å². The van der Waals surface area contributed by atoms with Crippen molar-refractivity contribution < 1.29 is 23.7 Å². The highest BCUT2D eigenvalue weighted by atomic mass is 28.4. The van der Waals surface area contributed by atoms with Gasteiger partial charge in [-0.25, -0.2) is 0 Å². The van der Waals surface area contributed by atoms with Gasteiger partial charge in [0.1, 0.15) is 0 Å². The van der Waals surface area contributed by atoms with E-state index in [1.807, 2.05) is 6.07 Å². The van der Waals surface area contributed by atoms with Crippen molar-refractivity contribution in [2.75, 3.05) is 21.3 Å². The molecule has 0 aromatic heterocycles. The molecule has 5 nitrogen and oxygen atoms in total. The van der Waals surface area contributed by atoms with Gasteiger partial charge >= 0.3 is 0 Å². The number of hydrogen-bond acceptors (Lipinski definition) is 5. The van der Waals surface area contributed by atoms with Crippen molar-refractivity contribution in [2.24, 2.45) is 0 Å². The largest absolute Gasteiger partial charge is 0.493 e. The first-order valence-electron chi connectivity index (χ1n) is 12.6. The Hall–Kier alpha value is -2.80. The van der Waals surface area contributed by atoms with Crippen LogP contribution >= 0.6 is 0 Å². The van der Waals surface area contributed by atoms with E-state index in [2.05, 4.69) is 81.4 Å². The highest BCUT2D eigenvalue weighted by Gasteiger charge is 2.51. The SMILES string of the molecule is COc1cc2c(c(OC)c1OC)CCC(O[Si](c1ccccc1)(c1ccccc1)C(C)(C)C)CC2O. The van der Waals surface area contributed by atoms with Gasteiger partial charge in [-0.05, 0) is 39.9 Å². The maximum Gasteiger partial charge on any atom is 0.261 e. The van der Waals surface area contributed by atoms with Crippen LogP contribution in [-0.2, 0) is 10.8 Å². The van der Waals surface area contributed by atoms with E-state index in [9.17, 15) is 5.11 Å². The molecule has 0 amide bonds. The number of benzene rings is 3. The molecule has 36 heavy (non-hydrogen) atoms. The van der Waals surface area contributed by atoms with E-state index < -0.39 is 14.4 Å². The summed E-state index contributed by atoms with van der Waals surface area (Å²) < 4.78 is 24.3. The second-order valence-electron chi connectivity index (χ2n) is 10.4. The quantitative estimate of drug-likeness (QED) is 0.360. The highest BCUT2D eigenvalue weighted by Crippen LogP contribution is 2.47. The summed E-state index contributed by atoms with van der Waals surface area (Å²) in [5.41, 5.74) is 1.77. The average molecular weight is 507 g/mol. The van der Waals surface area contributed by atoms with Crippen LogP contribution in [0.3, 0.4) is 0 Å². The van der Waals surface area contributed by atoms with Gasteiger partial charge in [-0.3, -0.25) is 0 Å². The maximum absolute atomic E-state index is 11.4. The van der Waals surface area contributed by atoms with Crippen LogP contribution in [0.25, 0.3) is 0 Å². The van der Waals surface area contributed by atoms with Crippen LogP contribution in [0.4, 0.5) is 0 Å². The molecule has 0 saturated carbocycles. The Morgan fingerprint density at radius 3 is 1.83 bits per heavy atom. The van der Waals surface area contributed by atoms with E-state index in [0.717, 1.165) is 17.5 Å². The molecule has 1 aliphatic carbocycles. The van der Waals surface area contributed by atoms with Crippen molar-refractivity contribution in [3.8, 4) is 17.2 Å². The molecule has 2 atom stereocenters. The molecular weight excluding hydrogens is 468 g/mol. The standard InChI is InChI=1S/C30H38O5Si/c1-30(2,3)36(22-13-9-7-10-14-22,23-15-11-8-12-16-23)35-21-17-18-24-25(26(31)19-21)20-27(32-4)29(34-6)28(24)33-5/h7-16,20-21,26,31H,17-19H2,1-6H3. The van der Waals surface area contributed by atoms with E-state index >= 15 is 0 Å². The molecule has 0 radical (unpaired) electrons. The number of fused-ring (bicyclic) bond motifs is 1. The lowest BCUT2D eigenvalue weighted by Gasteiger charge is -2.45. The smallest absolute Gasteiger partial charge is 0.261 e. The molecule has 0 heterocycles. The summed E-state index contributed by atoms with van der Waals surface area (Å²) in [7, 11) is 2.09. The van der Waals surface area contributed by atoms with Crippen LogP contribution < -0.4 is 24.6 Å². The zero-order valence-corrected chi connectivity index (χ0v) is 23.2. The summed E-state index contributed by atoms with van der Waals surface area (Å²) in [5, 5.41) is 13.8. The van der Waals surface area contributed by atoms with Crippen LogP contribution in [-0.4, -0.2) is 40.9 Å². The minimum atomic E-state index is -2.74. The molecule has 0 spiro atoms. The van der Waals surface area contributed by atoms with Crippen LogP contribution in [0.5, 0.6) is 17.2 Å². The molecule has 0 fully saturated rings. The summed E-state index contributed by atoms with van der Waals surface area (Å²) in [6.45, 7) is 6.83. The summed E-state index contributed by atoms with van der Waals surface area (Å²) in [5.74, 6) is 1.73. The van der Waals surface area contributed by atoms with Gasteiger partial charge in [0.2, 0.25) is 5.75 Å². The minimum Gasteiger partial charge on any atom is -0.493 e. The van der Waals surface area contributed by atoms with Gasteiger partial charge in [0.05, 0.1) is 27.4 Å². The Labute approximate surface area is 216 Å². The van der Waals surface area contributed by atoms with Crippen molar-refractivity contribution in [1.82, 2.24) is 0 Å². The molecule has 3 aromatic rings. The topological polar surface area (TPSA) is 57.2 Å². The van der Waals surface area contributed by atoms with Gasteiger partial charge in [-0.15, -0.1) is 0 Å². The summed E-state index contributed by atoms with van der Waals surface area (Å²) in [4.78, 5) is 0. The molecule has 2 unspecified atom stereocenters. The predicted molar refractivity (Wildman–Crippen MR) is 146 cm³/mol. The van der Waals surface area contributed by atoms with Gasteiger partial charge in [-0.1, -0.05) is 81.4 Å². The number of aliphatic hydroxyl groups excluding tert-OH is 1. The zero-order valence-electron chi connectivity index (χ0n) is 22.2. The predicted octanol–water partition coefficient (Wildman–Crippen LogP) is 5.03. The second kappa shape index (κ2) is 10.7. The molecule has 1 aliphatic rings. The second-order valence-corrected chi connectivity index (χ2v) is 14.7. The molecule has 0 saturated heterocycles. The fourth-order valence-corrected chi connectivity index (χ4v) is 10.4. The Morgan fingerprint density at radius 2 is 1.36 bits per heavy atom. The monoisotopic (exact) mass is 506 g/mol. The van der Waals surface area contributed by atoms with Crippen LogP contribution in [0.2, 0.25) is 5.04 Å². The fraction of sp³-hybridized carbons (Fsp3) is 0.400. The lowest BCUT2D eigenvalue weighted by Crippen LogP contribution is -2.67.